The fourth-order valence-corrected chi connectivity index (χ4v) is 6.39. The zero-order valence-corrected chi connectivity index (χ0v) is 20.1. The number of hydrogen-bond acceptors (Lipinski definition) is 6. The van der Waals surface area contributed by atoms with Crippen LogP contribution in [-0.4, -0.2) is 67.1 Å². The van der Waals surface area contributed by atoms with Crippen LogP contribution in [0.15, 0.2) is 33.5 Å². The highest BCUT2D eigenvalue weighted by Crippen LogP contribution is 2.26. The molecule has 1 aliphatic carbocycles. The van der Waals surface area contributed by atoms with E-state index >= 15 is 0 Å². The molecule has 0 radical (unpaired) electrons. The van der Waals surface area contributed by atoms with Gasteiger partial charge in [-0.3, -0.25) is 9.69 Å². The summed E-state index contributed by atoms with van der Waals surface area (Å²) in [6.45, 7) is 3.96. The van der Waals surface area contributed by atoms with Gasteiger partial charge in [0, 0.05) is 75.9 Å². The highest BCUT2D eigenvalue weighted by atomic mass is 32.2. The Balaban J connectivity index is 1.43. The monoisotopic (exact) mass is 476 g/mol. The van der Waals surface area contributed by atoms with E-state index in [0.717, 1.165) is 36.6 Å². The Morgan fingerprint density at radius 3 is 2.48 bits per heavy atom. The number of anilines is 1. The molecular formula is C23H32N4O5S. The number of piperazine rings is 1. The molecule has 180 valence electrons. The number of amides is 1. The van der Waals surface area contributed by atoms with E-state index < -0.39 is 15.8 Å². The van der Waals surface area contributed by atoms with Gasteiger partial charge in [-0.05, 0) is 30.5 Å². The lowest BCUT2D eigenvalue weighted by Gasteiger charge is -2.38. The number of nitrogens with one attached hydrogen (secondary N) is 1. The number of rotatable bonds is 6. The van der Waals surface area contributed by atoms with Crippen LogP contribution in [0.4, 0.5) is 5.69 Å². The van der Waals surface area contributed by atoms with Crippen molar-refractivity contribution in [3.63, 3.8) is 0 Å². The summed E-state index contributed by atoms with van der Waals surface area (Å²) in [5.41, 5.74) is 1.36. The topological polar surface area (TPSA) is 103 Å². The molecule has 33 heavy (non-hydrogen) atoms. The van der Waals surface area contributed by atoms with E-state index in [0.29, 0.717) is 44.0 Å². The van der Waals surface area contributed by atoms with Crippen molar-refractivity contribution >= 4 is 32.8 Å². The fourth-order valence-electron chi connectivity index (χ4n) is 4.82. The van der Waals surface area contributed by atoms with Crippen LogP contribution in [0.3, 0.4) is 0 Å². The zero-order valence-electron chi connectivity index (χ0n) is 19.2. The molecule has 2 heterocycles. The van der Waals surface area contributed by atoms with Crippen LogP contribution in [0.2, 0.25) is 0 Å². The fraction of sp³-hybridized carbons (Fsp3) is 0.565. The molecule has 9 nitrogen and oxygen atoms in total. The van der Waals surface area contributed by atoms with Gasteiger partial charge < -0.3 is 9.73 Å². The minimum Gasteiger partial charge on any atom is -0.423 e. The van der Waals surface area contributed by atoms with Gasteiger partial charge in [0.15, 0.2) is 0 Å². The predicted molar refractivity (Wildman–Crippen MR) is 127 cm³/mol. The molecule has 2 fully saturated rings. The van der Waals surface area contributed by atoms with Crippen LogP contribution in [0.5, 0.6) is 0 Å². The van der Waals surface area contributed by atoms with Crippen molar-refractivity contribution < 1.29 is 17.6 Å². The van der Waals surface area contributed by atoms with Crippen molar-refractivity contribution in [2.24, 2.45) is 0 Å². The first-order chi connectivity index (χ1) is 15.7. The molecule has 1 aromatic heterocycles. The van der Waals surface area contributed by atoms with Crippen molar-refractivity contribution in [1.82, 2.24) is 13.5 Å². The molecule has 10 heteroatoms. The Kier molecular flexibility index (Phi) is 7.18. The summed E-state index contributed by atoms with van der Waals surface area (Å²) in [7, 11) is -1.76. The standard InChI is InChI=1S/C23H32N4O5S/c1-17(28)24-19-8-9-21-18(14-23(29)32-22(21)15-19)16-26-10-12-27(13-11-26)33(30,31)25(2)20-6-4-3-5-7-20/h8-9,14-15,20H,3-7,10-13,16H2,1-2H3,(H,24,28). The minimum atomic E-state index is -3.47. The quantitative estimate of drug-likeness (QED) is 0.642. The Morgan fingerprint density at radius 1 is 1.12 bits per heavy atom. The first-order valence-corrected chi connectivity index (χ1v) is 12.9. The largest absolute Gasteiger partial charge is 0.423 e. The van der Waals surface area contributed by atoms with Crippen molar-refractivity contribution in [2.45, 2.75) is 51.6 Å². The maximum Gasteiger partial charge on any atom is 0.336 e. The zero-order chi connectivity index (χ0) is 23.6. The third kappa shape index (κ3) is 5.46. The van der Waals surface area contributed by atoms with Gasteiger partial charge in [-0.2, -0.15) is 17.0 Å². The van der Waals surface area contributed by atoms with Crippen LogP contribution >= 0.6 is 0 Å². The molecule has 1 aliphatic heterocycles. The summed E-state index contributed by atoms with van der Waals surface area (Å²) < 4.78 is 34.7. The van der Waals surface area contributed by atoms with E-state index in [4.69, 9.17) is 4.42 Å². The number of benzene rings is 1. The van der Waals surface area contributed by atoms with Crippen molar-refractivity contribution in [2.75, 3.05) is 38.5 Å². The molecule has 1 amide bonds. The molecule has 2 aromatic rings. The lowest BCUT2D eigenvalue weighted by molar-refractivity contribution is -0.114. The molecular weight excluding hydrogens is 444 g/mol. The first-order valence-electron chi connectivity index (χ1n) is 11.5. The molecule has 1 saturated carbocycles. The summed E-state index contributed by atoms with van der Waals surface area (Å²) in [6.07, 6.45) is 5.23. The highest BCUT2D eigenvalue weighted by molar-refractivity contribution is 7.86. The van der Waals surface area contributed by atoms with Crippen LogP contribution in [-0.2, 0) is 21.5 Å². The smallest absolute Gasteiger partial charge is 0.336 e. The van der Waals surface area contributed by atoms with Crippen molar-refractivity contribution in [3.8, 4) is 0 Å². The average Bonchev–Trinajstić information content (AvgIpc) is 2.78. The van der Waals surface area contributed by atoms with Gasteiger partial charge in [0.1, 0.15) is 5.58 Å². The SMILES string of the molecule is CC(=O)Nc1ccc2c(CN3CCN(S(=O)(=O)N(C)C4CCCCC4)CC3)cc(=O)oc2c1. The summed E-state index contributed by atoms with van der Waals surface area (Å²) in [5.74, 6) is -0.199. The maximum absolute atomic E-state index is 13.1. The van der Waals surface area contributed by atoms with Crippen LogP contribution in [0, 0.1) is 0 Å². The normalized spacial score (nSPS) is 19.2. The van der Waals surface area contributed by atoms with Gasteiger partial charge in [-0.1, -0.05) is 19.3 Å². The van der Waals surface area contributed by atoms with Crippen molar-refractivity contribution in [3.05, 3.63) is 40.2 Å². The van der Waals surface area contributed by atoms with E-state index in [-0.39, 0.29) is 11.9 Å². The van der Waals surface area contributed by atoms with Crippen molar-refractivity contribution in [1.29, 1.82) is 0 Å². The number of hydrogen-bond donors (Lipinski definition) is 1. The Bertz CT molecular complexity index is 1170. The van der Waals surface area contributed by atoms with Crippen LogP contribution < -0.4 is 10.9 Å². The third-order valence-corrected chi connectivity index (χ3v) is 8.70. The highest BCUT2D eigenvalue weighted by Gasteiger charge is 2.34. The summed E-state index contributed by atoms with van der Waals surface area (Å²) in [6, 6.07) is 6.84. The molecule has 2 aliphatic rings. The average molecular weight is 477 g/mol. The van der Waals surface area contributed by atoms with Gasteiger partial charge in [-0.25, -0.2) is 4.79 Å². The predicted octanol–water partition coefficient (Wildman–Crippen LogP) is 2.38. The number of fused-ring (bicyclic) bond motifs is 1. The second kappa shape index (κ2) is 9.92. The van der Waals surface area contributed by atoms with E-state index in [1.165, 1.54) is 19.4 Å². The lowest BCUT2D eigenvalue weighted by atomic mass is 9.96. The molecule has 1 aromatic carbocycles. The Morgan fingerprint density at radius 2 is 1.82 bits per heavy atom. The van der Waals surface area contributed by atoms with Gasteiger partial charge in [0.25, 0.3) is 10.2 Å². The second-order valence-corrected chi connectivity index (χ2v) is 11.0. The van der Waals surface area contributed by atoms with Crippen LogP contribution in [0.1, 0.15) is 44.6 Å². The van der Waals surface area contributed by atoms with E-state index in [1.54, 1.807) is 27.8 Å². The number of carbonyl (C=O) groups is 1. The van der Waals surface area contributed by atoms with E-state index in [9.17, 15) is 18.0 Å². The summed E-state index contributed by atoms with van der Waals surface area (Å²) in [4.78, 5) is 25.6. The third-order valence-electron chi connectivity index (χ3n) is 6.65. The summed E-state index contributed by atoms with van der Waals surface area (Å²) in [5, 5.41) is 3.49. The maximum atomic E-state index is 13.1. The molecule has 0 atom stereocenters. The molecule has 0 bridgehead atoms. The molecule has 1 N–H and O–H groups in total. The minimum absolute atomic E-state index is 0.0964. The lowest BCUT2D eigenvalue weighted by Crippen LogP contribution is -2.54. The Labute approximate surface area is 194 Å². The molecule has 1 saturated heterocycles. The molecule has 0 unspecified atom stereocenters. The molecule has 0 spiro atoms. The number of nitrogens with zero attached hydrogens (tertiary/aromatic N) is 3. The van der Waals surface area contributed by atoms with E-state index in [1.807, 2.05) is 6.07 Å². The summed E-state index contributed by atoms with van der Waals surface area (Å²) >= 11 is 0. The van der Waals surface area contributed by atoms with Gasteiger partial charge in [0.2, 0.25) is 5.91 Å². The van der Waals surface area contributed by atoms with Gasteiger partial charge in [-0.15, -0.1) is 0 Å². The first kappa shape index (κ1) is 23.9. The second-order valence-electron chi connectivity index (χ2n) is 8.97. The van der Waals surface area contributed by atoms with Crippen LogP contribution in [0.25, 0.3) is 11.0 Å². The Hall–Kier alpha value is -2.27. The van der Waals surface area contributed by atoms with E-state index in [2.05, 4.69) is 10.2 Å². The number of carbonyl (C=O) groups excluding carboxylic acids is 1. The van der Waals surface area contributed by atoms with Gasteiger partial charge in [0.05, 0.1) is 0 Å². The molecule has 4 rings (SSSR count). The van der Waals surface area contributed by atoms with Gasteiger partial charge >= 0.3 is 5.63 Å².